The minimum atomic E-state index is -4.08. The molecule has 0 unspecified atom stereocenters. The number of hydrogen-bond donors (Lipinski definition) is 1. The average Bonchev–Trinajstić information content (AvgIpc) is 2.84. The van der Waals surface area contributed by atoms with E-state index in [0.29, 0.717) is 16.5 Å². The van der Waals surface area contributed by atoms with Gasteiger partial charge in [0.25, 0.3) is 15.9 Å². The van der Waals surface area contributed by atoms with E-state index in [1.807, 2.05) is 4.72 Å². The number of carbonyl (C=O) groups excluding carboxylic acids is 1. The lowest BCUT2D eigenvalue weighted by molar-refractivity contribution is 0.0984. The number of carbonyl (C=O) groups is 1. The molecule has 2 rings (SSSR count). The van der Waals surface area contributed by atoms with Gasteiger partial charge in [0.1, 0.15) is 21.3 Å². The Morgan fingerprint density at radius 1 is 1.22 bits per heavy atom. The number of sulfonamides is 1. The minimum absolute atomic E-state index is 0.0851. The summed E-state index contributed by atoms with van der Waals surface area (Å²) < 4.78 is 37.0. The molecule has 0 bridgehead atoms. The monoisotopic (exact) mass is 356 g/mol. The van der Waals surface area contributed by atoms with Crippen LogP contribution in [-0.4, -0.2) is 33.5 Å². The molecule has 2 aromatic rings. The minimum Gasteiger partial charge on any atom is -0.497 e. The highest BCUT2D eigenvalue weighted by atomic mass is 32.2. The van der Waals surface area contributed by atoms with Gasteiger partial charge in [0.05, 0.1) is 24.9 Å². The molecule has 124 valence electrons. The molecule has 0 fully saturated rings. The Hall–Kier alpha value is -2.13. The third-order valence-electron chi connectivity index (χ3n) is 3.00. The van der Waals surface area contributed by atoms with Crippen molar-refractivity contribution in [1.82, 2.24) is 9.71 Å². The van der Waals surface area contributed by atoms with E-state index in [1.54, 1.807) is 13.8 Å². The van der Waals surface area contributed by atoms with Crippen molar-refractivity contribution in [3.8, 4) is 11.5 Å². The van der Waals surface area contributed by atoms with Crippen LogP contribution in [0.25, 0.3) is 0 Å². The fourth-order valence-corrected chi connectivity index (χ4v) is 3.95. The third kappa shape index (κ3) is 3.62. The fraction of sp³-hybridized carbons (Fsp3) is 0.286. The van der Waals surface area contributed by atoms with E-state index in [1.165, 1.54) is 32.4 Å². The molecule has 23 heavy (non-hydrogen) atoms. The summed E-state index contributed by atoms with van der Waals surface area (Å²) in [6, 6.07) is 4.23. The number of rotatable bonds is 5. The number of benzene rings is 1. The van der Waals surface area contributed by atoms with Crippen molar-refractivity contribution in [2.75, 3.05) is 14.2 Å². The van der Waals surface area contributed by atoms with Gasteiger partial charge in [0.15, 0.2) is 0 Å². The van der Waals surface area contributed by atoms with Crippen LogP contribution in [0, 0.1) is 13.8 Å². The summed E-state index contributed by atoms with van der Waals surface area (Å²) in [5.74, 6) is -0.186. The van der Waals surface area contributed by atoms with Crippen LogP contribution in [0.2, 0.25) is 0 Å². The summed E-state index contributed by atoms with van der Waals surface area (Å²) in [6.07, 6.45) is 0. The Morgan fingerprint density at radius 2 is 1.91 bits per heavy atom. The Kier molecular flexibility index (Phi) is 4.90. The molecule has 1 aromatic carbocycles. The predicted molar refractivity (Wildman–Crippen MR) is 85.8 cm³/mol. The summed E-state index contributed by atoms with van der Waals surface area (Å²) >= 11 is 1.14. The van der Waals surface area contributed by atoms with E-state index in [2.05, 4.69) is 4.98 Å². The lowest BCUT2D eigenvalue weighted by Crippen LogP contribution is -2.30. The van der Waals surface area contributed by atoms with Crippen LogP contribution in [0.1, 0.15) is 20.4 Å². The lowest BCUT2D eigenvalue weighted by Gasteiger charge is -2.11. The van der Waals surface area contributed by atoms with E-state index in [4.69, 9.17) is 9.47 Å². The number of amides is 1. The average molecular weight is 356 g/mol. The number of nitrogens with one attached hydrogen (secondary N) is 1. The van der Waals surface area contributed by atoms with E-state index in [0.717, 1.165) is 11.3 Å². The summed E-state index contributed by atoms with van der Waals surface area (Å²) in [7, 11) is -1.29. The van der Waals surface area contributed by atoms with Gasteiger partial charge in [0.2, 0.25) is 0 Å². The van der Waals surface area contributed by atoms with Crippen LogP contribution in [0.15, 0.2) is 23.1 Å². The zero-order valence-electron chi connectivity index (χ0n) is 13.0. The highest BCUT2D eigenvalue weighted by molar-refractivity contribution is 7.90. The van der Waals surface area contributed by atoms with Crippen LogP contribution in [0.4, 0.5) is 0 Å². The first-order valence-electron chi connectivity index (χ1n) is 6.51. The Balaban J connectivity index is 2.35. The van der Waals surface area contributed by atoms with Gasteiger partial charge in [-0.2, -0.15) is 0 Å². The molecule has 0 aliphatic rings. The molecule has 9 heteroatoms. The molecule has 0 spiro atoms. The van der Waals surface area contributed by atoms with Crippen LogP contribution in [-0.2, 0) is 10.0 Å². The number of methoxy groups -OCH3 is 2. The van der Waals surface area contributed by atoms with Gasteiger partial charge in [-0.25, -0.2) is 18.1 Å². The highest BCUT2D eigenvalue weighted by Gasteiger charge is 2.25. The fourth-order valence-electron chi connectivity index (χ4n) is 1.96. The molecule has 7 nitrogen and oxygen atoms in total. The lowest BCUT2D eigenvalue weighted by atomic mass is 10.3. The van der Waals surface area contributed by atoms with Crippen molar-refractivity contribution >= 4 is 27.3 Å². The first kappa shape index (κ1) is 17.2. The molecule has 0 radical (unpaired) electrons. The molecule has 0 aliphatic heterocycles. The number of hydrogen-bond acceptors (Lipinski definition) is 7. The number of nitrogens with zero attached hydrogens (tertiary/aromatic N) is 1. The Morgan fingerprint density at radius 3 is 2.43 bits per heavy atom. The van der Waals surface area contributed by atoms with Gasteiger partial charge in [-0.3, -0.25) is 4.79 Å². The van der Waals surface area contributed by atoms with E-state index in [-0.39, 0.29) is 15.5 Å². The Bertz CT molecular complexity index is 843. The first-order chi connectivity index (χ1) is 10.8. The van der Waals surface area contributed by atoms with Crippen molar-refractivity contribution < 1.29 is 22.7 Å². The second-order valence-corrected chi connectivity index (χ2v) is 7.45. The maximum Gasteiger partial charge on any atom is 0.276 e. The van der Waals surface area contributed by atoms with E-state index < -0.39 is 15.9 Å². The first-order valence-corrected chi connectivity index (χ1v) is 8.81. The van der Waals surface area contributed by atoms with Crippen molar-refractivity contribution in [3.63, 3.8) is 0 Å². The molecule has 0 saturated heterocycles. The molecule has 0 saturated carbocycles. The quantitative estimate of drug-likeness (QED) is 0.879. The highest BCUT2D eigenvalue weighted by Crippen LogP contribution is 2.28. The predicted octanol–water partition coefficient (Wildman–Crippen LogP) is 1.90. The molecule has 0 aliphatic carbocycles. The zero-order chi connectivity index (χ0) is 17.2. The Labute approximate surface area is 138 Å². The van der Waals surface area contributed by atoms with Crippen LogP contribution >= 0.6 is 11.3 Å². The third-order valence-corrected chi connectivity index (χ3v) is 5.44. The second-order valence-electron chi connectivity index (χ2n) is 4.60. The van der Waals surface area contributed by atoms with Crippen molar-refractivity contribution in [2.24, 2.45) is 0 Å². The molecular formula is C14H16N2O5S2. The van der Waals surface area contributed by atoms with E-state index in [9.17, 15) is 13.2 Å². The second kappa shape index (κ2) is 6.55. The van der Waals surface area contributed by atoms with Gasteiger partial charge >= 0.3 is 0 Å². The summed E-state index contributed by atoms with van der Waals surface area (Å²) in [4.78, 5) is 16.4. The number of thiazole rings is 1. The summed E-state index contributed by atoms with van der Waals surface area (Å²) in [5.41, 5.74) is 0.488. The number of ether oxygens (including phenoxy) is 2. The summed E-state index contributed by atoms with van der Waals surface area (Å²) in [6.45, 7) is 3.40. The van der Waals surface area contributed by atoms with Crippen molar-refractivity contribution in [3.05, 3.63) is 33.8 Å². The largest absolute Gasteiger partial charge is 0.497 e. The van der Waals surface area contributed by atoms with Crippen LogP contribution in [0.5, 0.6) is 11.5 Å². The van der Waals surface area contributed by atoms with Crippen molar-refractivity contribution in [1.29, 1.82) is 0 Å². The standard InChI is InChI=1S/C14H16N2O5S2/c1-8-13(22-9(2)15-8)14(17)16-23(18,19)12-6-5-10(20-3)7-11(12)21-4/h5-7H,1-4H3,(H,16,17). The smallest absolute Gasteiger partial charge is 0.276 e. The number of aromatic nitrogens is 1. The summed E-state index contributed by atoms with van der Waals surface area (Å²) in [5, 5.41) is 0.687. The van der Waals surface area contributed by atoms with E-state index >= 15 is 0 Å². The molecular weight excluding hydrogens is 340 g/mol. The van der Waals surface area contributed by atoms with Gasteiger partial charge in [-0.05, 0) is 26.0 Å². The molecule has 1 amide bonds. The number of aryl methyl sites for hydroxylation is 2. The molecule has 1 aromatic heterocycles. The normalized spacial score (nSPS) is 11.1. The maximum atomic E-state index is 12.4. The molecule has 1 heterocycles. The maximum absolute atomic E-state index is 12.4. The van der Waals surface area contributed by atoms with Gasteiger partial charge in [0, 0.05) is 6.07 Å². The van der Waals surface area contributed by atoms with Crippen molar-refractivity contribution in [2.45, 2.75) is 18.7 Å². The van der Waals surface area contributed by atoms with Gasteiger partial charge in [-0.15, -0.1) is 11.3 Å². The van der Waals surface area contributed by atoms with Gasteiger partial charge in [-0.1, -0.05) is 0 Å². The van der Waals surface area contributed by atoms with Crippen LogP contribution in [0.3, 0.4) is 0 Å². The molecule has 0 atom stereocenters. The molecule has 1 N–H and O–H groups in total. The zero-order valence-corrected chi connectivity index (χ0v) is 14.7. The SMILES string of the molecule is COc1ccc(S(=O)(=O)NC(=O)c2sc(C)nc2C)c(OC)c1. The van der Waals surface area contributed by atoms with Gasteiger partial charge < -0.3 is 9.47 Å². The topological polar surface area (TPSA) is 94.6 Å². The van der Waals surface area contributed by atoms with Crippen LogP contribution < -0.4 is 14.2 Å².